The average Bonchev–Trinajstić information content (AvgIpc) is 2.59. The fraction of sp³-hybridized carbons (Fsp3) is 0.278. The molecule has 0 aliphatic rings. The highest BCUT2D eigenvalue weighted by Crippen LogP contribution is 2.29. The highest BCUT2D eigenvalue weighted by molar-refractivity contribution is 5.79. The third kappa shape index (κ3) is 6.10. The Morgan fingerprint density at radius 2 is 1.72 bits per heavy atom. The van der Waals surface area contributed by atoms with Crippen LogP contribution in [-0.4, -0.2) is 19.6 Å². The molecule has 0 aliphatic heterocycles. The van der Waals surface area contributed by atoms with Crippen molar-refractivity contribution in [1.82, 2.24) is 10.6 Å². The van der Waals surface area contributed by atoms with Crippen LogP contribution in [0.15, 0.2) is 53.5 Å². The Morgan fingerprint density at radius 1 is 1.00 bits per heavy atom. The van der Waals surface area contributed by atoms with E-state index in [2.05, 4.69) is 15.6 Å². The fourth-order valence-corrected chi connectivity index (χ4v) is 2.24. The van der Waals surface area contributed by atoms with Crippen molar-refractivity contribution in [1.29, 1.82) is 0 Å². The van der Waals surface area contributed by atoms with Crippen LogP contribution in [-0.2, 0) is 19.1 Å². The number of benzene rings is 2. The first-order valence-electron chi connectivity index (χ1n) is 7.73. The SMILES string of the molecule is CN=C(NCCc1ccc(F)cc1)NCc1cccc(C(F)(F)F)c1. The number of halogens is 4. The van der Waals surface area contributed by atoms with Crippen molar-refractivity contribution in [3.05, 3.63) is 71.0 Å². The molecule has 0 bridgehead atoms. The van der Waals surface area contributed by atoms with Crippen LogP contribution in [0, 0.1) is 5.82 Å². The maximum absolute atomic E-state index is 12.8. The first kappa shape index (κ1) is 18.8. The van der Waals surface area contributed by atoms with Crippen molar-refractivity contribution in [3.63, 3.8) is 0 Å². The van der Waals surface area contributed by atoms with E-state index in [0.717, 1.165) is 17.7 Å². The molecular formula is C18H19F4N3. The molecule has 0 saturated carbocycles. The molecule has 2 rings (SSSR count). The van der Waals surface area contributed by atoms with E-state index in [4.69, 9.17) is 0 Å². The summed E-state index contributed by atoms with van der Waals surface area (Å²) in [5.41, 5.74) is 0.810. The van der Waals surface area contributed by atoms with Crippen LogP contribution in [0.4, 0.5) is 17.6 Å². The Hall–Kier alpha value is -2.57. The molecule has 0 spiro atoms. The summed E-state index contributed by atoms with van der Waals surface area (Å²) in [5.74, 6) is 0.204. The molecule has 0 fully saturated rings. The second kappa shape index (κ2) is 8.50. The number of rotatable bonds is 5. The molecule has 0 atom stereocenters. The molecule has 0 heterocycles. The van der Waals surface area contributed by atoms with E-state index < -0.39 is 11.7 Å². The van der Waals surface area contributed by atoms with Crippen molar-refractivity contribution < 1.29 is 17.6 Å². The third-order valence-corrected chi connectivity index (χ3v) is 3.56. The van der Waals surface area contributed by atoms with Gasteiger partial charge in [-0.05, 0) is 41.8 Å². The maximum atomic E-state index is 12.8. The van der Waals surface area contributed by atoms with E-state index in [1.54, 1.807) is 25.2 Å². The fourth-order valence-electron chi connectivity index (χ4n) is 2.24. The van der Waals surface area contributed by atoms with Gasteiger partial charge in [0.05, 0.1) is 5.56 Å². The number of hydrogen-bond donors (Lipinski definition) is 2. The van der Waals surface area contributed by atoms with E-state index in [-0.39, 0.29) is 12.4 Å². The summed E-state index contributed by atoms with van der Waals surface area (Å²) in [6.07, 6.45) is -3.68. The van der Waals surface area contributed by atoms with Crippen molar-refractivity contribution in [2.45, 2.75) is 19.1 Å². The van der Waals surface area contributed by atoms with Gasteiger partial charge in [0.15, 0.2) is 5.96 Å². The minimum absolute atomic E-state index is 0.222. The summed E-state index contributed by atoms with van der Waals surface area (Å²) in [4.78, 5) is 4.03. The Morgan fingerprint density at radius 3 is 2.36 bits per heavy atom. The molecule has 7 heteroatoms. The highest BCUT2D eigenvalue weighted by atomic mass is 19.4. The lowest BCUT2D eigenvalue weighted by atomic mass is 10.1. The van der Waals surface area contributed by atoms with Crippen LogP contribution in [0.1, 0.15) is 16.7 Å². The Bertz CT molecular complexity index is 709. The van der Waals surface area contributed by atoms with Gasteiger partial charge in [-0.25, -0.2) is 4.39 Å². The normalized spacial score (nSPS) is 12.1. The zero-order valence-corrected chi connectivity index (χ0v) is 13.7. The quantitative estimate of drug-likeness (QED) is 0.488. The molecule has 0 unspecified atom stereocenters. The number of nitrogens with one attached hydrogen (secondary N) is 2. The Kier molecular flexibility index (Phi) is 6.38. The van der Waals surface area contributed by atoms with Crippen molar-refractivity contribution >= 4 is 5.96 Å². The molecular weight excluding hydrogens is 334 g/mol. The van der Waals surface area contributed by atoms with Crippen molar-refractivity contribution in [2.75, 3.05) is 13.6 Å². The van der Waals surface area contributed by atoms with Gasteiger partial charge in [-0.2, -0.15) is 13.2 Å². The van der Waals surface area contributed by atoms with E-state index in [9.17, 15) is 17.6 Å². The zero-order chi connectivity index (χ0) is 18.3. The molecule has 134 valence electrons. The van der Waals surface area contributed by atoms with Crippen molar-refractivity contribution in [2.24, 2.45) is 4.99 Å². The zero-order valence-electron chi connectivity index (χ0n) is 13.7. The number of aliphatic imine (C=N–C) groups is 1. The Balaban J connectivity index is 1.83. The summed E-state index contributed by atoms with van der Waals surface area (Å²) in [6, 6.07) is 11.4. The number of hydrogen-bond acceptors (Lipinski definition) is 1. The van der Waals surface area contributed by atoms with E-state index >= 15 is 0 Å². The van der Waals surface area contributed by atoms with E-state index in [1.165, 1.54) is 18.2 Å². The second-order valence-electron chi connectivity index (χ2n) is 5.43. The first-order valence-corrected chi connectivity index (χ1v) is 7.73. The Labute approximate surface area is 143 Å². The molecule has 3 nitrogen and oxygen atoms in total. The average molecular weight is 353 g/mol. The van der Waals surface area contributed by atoms with Gasteiger partial charge >= 0.3 is 6.18 Å². The monoisotopic (exact) mass is 353 g/mol. The number of guanidine groups is 1. The topological polar surface area (TPSA) is 36.4 Å². The summed E-state index contributed by atoms with van der Waals surface area (Å²) < 4.78 is 51.0. The van der Waals surface area contributed by atoms with Gasteiger partial charge in [0, 0.05) is 20.1 Å². The van der Waals surface area contributed by atoms with Gasteiger partial charge in [-0.1, -0.05) is 24.3 Å². The van der Waals surface area contributed by atoms with Crippen LogP contribution in [0.25, 0.3) is 0 Å². The summed E-state index contributed by atoms with van der Waals surface area (Å²) in [5, 5.41) is 6.04. The first-order chi connectivity index (χ1) is 11.9. The van der Waals surface area contributed by atoms with Gasteiger partial charge < -0.3 is 10.6 Å². The minimum Gasteiger partial charge on any atom is -0.356 e. The predicted octanol–water partition coefficient (Wildman–Crippen LogP) is 3.75. The second-order valence-corrected chi connectivity index (χ2v) is 5.43. The molecule has 0 amide bonds. The van der Waals surface area contributed by atoms with Crippen LogP contribution in [0.3, 0.4) is 0 Å². The molecule has 0 aliphatic carbocycles. The maximum Gasteiger partial charge on any atom is 0.416 e. The molecule has 0 aromatic heterocycles. The van der Waals surface area contributed by atoms with Crippen LogP contribution in [0.5, 0.6) is 0 Å². The van der Waals surface area contributed by atoms with Gasteiger partial charge in [-0.3, -0.25) is 4.99 Å². The van der Waals surface area contributed by atoms with Crippen molar-refractivity contribution in [3.8, 4) is 0 Å². The largest absolute Gasteiger partial charge is 0.416 e. The molecule has 25 heavy (non-hydrogen) atoms. The molecule has 0 saturated heterocycles. The van der Waals surface area contributed by atoms with E-state index in [0.29, 0.717) is 24.5 Å². The molecule has 2 aromatic rings. The molecule has 2 aromatic carbocycles. The number of alkyl halides is 3. The highest BCUT2D eigenvalue weighted by Gasteiger charge is 2.30. The van der Waals surface area contributed by atoms with Crippen LogP contribution >= 0.6 is 0 Å². The van der Waals surface area contributed by atoms with Gasteiger partial charge in [0.2, 0.25) is 0 Å². The smallest absolute Gasteiger partial charge is 0.356 e. The van der Waals surface area contributed by atoms with E-state index in [1.807, 2.05) is 0 Å². The third-order valence-electron chi connectivity index (χ3n) is 3.56. The lowest BCUT2D eigenvalue weighted by molar-refractivity contribution is -0.137. The van der Waals surface area contributed by atoms with Gasteiger partial charge in [0.1, 0.15) is 5.82 Å². The molecule has 0 radical (unpaired) electrons. The summed E-state index contributed by atoms with van der Waals surface area (Å²) >= 11 is 0. The lowest BCUT2D eigenvalue weighted by Crippen LogP contribution is -2.37. The van der Waals surface area contributed by atoms with Crippen LogP contribution in [0.2, 0.25) is 0 Å². The predicted molar refractivity (Wildman–Crippen MR) is 89.7 cm³/mol. The van der Waals surface area contributed by atoms with Gasteiger partial charge in [-0.15, -0.1) is 0 Å². The summed E-state index contributed by atoms with van der Waals surface area (Å²) in [6.45, 7) is 0.786. The minimum atomic E-state index is -4.36. The molecule has 2 N–H and O–H groups in total. The van der Waals surface area contributed by atoms with Gasteiger partial charge in [0.25, 0.3) is 0 Å². The lowest BCUT2D eigenvalue weighted by Gasteiger charge is -2.13. The standard InChI is InChI=1S/C18H19F4N3/c1-23-17(24-10-9-13-5-7-16(19)8-6-13)25-12-14-3-2-4-15(11-14)18(20,21)22/h2-8,11H,9-10,12H2,1H3,(H2,23,24,25). The number of nitrogens with zero attached hydrogens (tertiary/aromatic N) is 1. The summed E-state index contributed by atoms with van der Waals surface area (Å²) in [7, 11) is 1.58. The van der Waals surface area contributed by atoms with Crippen LogP contribution < -0.4 is 10.6 Å².